The lowest BCUT2D eigenvalue weighted by Crippen LogP contribution is -2.53. The number of nitrogens with one attached hydrogen (secondary N) is 1. The van der Waals surface area contributed by atoms with Crippen LogP contribution in [0.25, 0.3) is 0 Å². The summed E-state index contributed by atoms with van der Waals surface area (Å²) >= 11 is 0. The molecule has 2 aromatic rings. The molecule has 144 valence electrons. The number of aliphatic imine (C=N–C) groups is 1. The maximum atomic E-state index is 14.1. The molecule has 1 aromatic carbocycles. The number of anilines is 1. The number of aryl methyl sites for hydroxylation is 1. The molecule has 1 aromatic heterocycles. The van der Waals surface area contributed by atoms with Crippen molar-refractivity contribution in [1.82, 2.24) is 25.0 Å². The monoisotopic (exact) mass is 371 g/mol. The fourth-order valence-corrected chi connectivity index (χ4v) is 3.25. The molecule has 0 bridgehead atoms. The lowest BCUT2D eigenvalue weighted by Gasteiger charge is -2.38. The first-order valence-corrected chi connectivity index (χ1v) is 9.52. The number of halogens is 1. The van der Waals surface area contributed by atoms with Crippen LogP contribution in [0, 0.1) is 12.7 Å². The smallest absolute Gasteiger partial charge is 0.194 e. The number of hydrogen-bond donors (Lipinski definition) is 1. The van der Waals surface area contributed by atoms with E-state index in [9.17, 15) is 4.39 Å². The molecular formula is C19H26FN7. The van der Waals surface area contributed by atoms with Gasteiger partial charge in [-0.25, -0.2) is 9.38 Å². The summed E-state index contributed by atoms with van der Waals surface area (Å²) in [5.74, 6) is 2.50. The maximum Gasteiger partial charge on any atom is 0.194 e. The van der Waals surface area contributed by atoms with Crippen molar-refractivity contribution in [2.45, 2.75) is 32.4 Å². The van der Waals surface area contributed by atoms with Gasteiger partial charge in [-0.1, -0.05) is 12.1 Å². The number of nitrogens with zero attached hydrogens (tertiary/aromatic N) is 6. The molecule has 0 unspecified atom stereocenters. The van der Waals surface area contributed by atoms with Gasteiger partial charge in [0.1, 0.15) is 18.2 Å². The minimum atomic E-state index is -0.159. The molecule has 0 atom stereocenters. The molecule has 27 heavy (non-hydrogen) atoms. The first-order chi connectivity index (χ1) is 13.1. The molecule has 0 spiro atoms. The Balaban J connectivity index is 1.43. The Morgan fingerprint density at radius 3 is 2.56 bits per heavy atom. The van der Waals surface area contributed by atoms with Crippen molar-refractivity contribution in [1.29, 1.82) is 0 Å². The van der Waals surface area contributed by atoms with E-state index >= 15 is 0 Å². The van der Waals surface area contributed by atoms with Gasteiger partial charge in [-0.05, 0) is 31.9 Å². The van der Waals surface area contributed by atoms with E-state index in [4.69, 9.17) is 4.99 Å². The van der Waals surface area contributed by atoms with Gasteiger partial charge in [0.15, 0.2) is 11.8 Å². The highest BCUT2D eigenvalue weighted by Gasteiger charge is 2.27. The van der Waals surface area contributed by atoms with E-state index in [1.807, 2.05) is 30.7 Å². The second-order valence-electron chi connectivity index (χ2n) is 7.21. The Morgan fingerprint density at radius 2 is 1.93 bits per heavy atom. The second-order valence-corrected chi connectivity index (χ2v) is 7.21. The Kier molecular flexibility index (Phi) is 4.96. The maximum absolute atomic E-state index is 14.1. The number of piperazine rings is 1. The van der Waals surface area contributed by atoms with Crippen molar-refractivity contribution in [3.8, 4) is 0 Å². The first-order valence-electron chi connectivity index (χ1n) is 9.52. The van der Waals surface area contributed by atoms with Gasteiger partial charge in [-0.3, -0.25) is 0 Å². The zero-order chi connectivity index (χ0) is 18.8. The van der Waals surface area contributed by atoms with Crippen molar-refractivity contribution in [3.05, 3.63) is 41.7 Å². The Bertz CT molecular complexity index is 819. The Labute approximate surface area is 158 Å². The minimum Gasteiger partial charge on any atom is -0.366 e. The van der Waals surface area contributed by atoms with Gasteiger partial charge in [-0.15, -0.1) is 10.2 Å². The minimum absolute atomic E-state index is 0.159. The van der Waals surface area contributed by atoms with Gasteiger partial charge in [0.25, 0.3) is 0 Å². The molecular weight excluding hydrogens is 345 g/mol. The van der Waals surface area contributed by atoms with Crippen LogP contribution in [0.15, 0.2) is 29.3 Å². The van der Waals surface area contributed by atoms with E-state index in [-0.39, 0.29) is 5.82 Å². The van der Waals surface area contributed by atoms with Crippen LogP contribution in [0.4, 0.5) is 10.1 Å². The molecule has 8 heteroatoms. The van der Waals surface area contributed by atoms with Gasteiger partial charge in [-0.2, -0.15) is 0 Å². The molecule has 4 rings (SSSR count). The van der Waals surface area contributed by atoms with Crippen LogP contribution in [-0.2, 0) is 13.6 Å². The fraction of sp³-hybridized carbons (Fsp3) is 0.526. The summed E-state index contributed by atoms with van der Waals surface area (Å²) in [5, 5.41) is 11.8. The van der Waals surface area contributed by atoms with Gasteiger partial charge in [0.2, 0.25) is 0 Å². The standard InChI is InChI=1S/C19H26FN7/c1-14-23-24-18(25(14)2)13-21-19(22-15-7-8-15)27-11-9-26(10-12-27)17-6-4-3-5-16(17)20/h3-6,15H,7-13H2,1-2H3,(H,21,22). The van der Waals surface area contributed by atoms with Gasteiger partial charge in [0, 0.05) is 39.3 Å². The van der Waals surface area contributed by atoms with Gasteiger partial charge < -0.3 is 19.7 Å². The number of benzene rings is 1. The molecule has 1 saturated carbocycles. The van der Waals surface area contributed by atoms with E-state index in [2.05, 4.69) is 25.3 Å². The summed E-state index contributed by atoms with van der Waals surface area (Å²) < 4.78 is 16.0. The third-order valence-electron chi connectivity index (χ3n) is 5.24. The van der Waals surface area contributed by atoms with Gasteiger partial charge in [0.05, 0.1) is 5.69 Å². The largest absolute Gasteiger partial charge is 0.366 e. The lowest BCUT2D eigenvalue weighted by molar-refractivity contribution is 0.369. The predicted molar refractivity (Wildman–Crippen MR) is 103 cm³/mol. The van der Waals surface area contributed by atoms with Crippen LogP contribution in [0.2, 0.25) is 0 Å². The second kappa shape index (κ2) is 7.54. The van der Waals surface area contributed by atoms with Crippen molar-refractivity contribution in [2.75, 3.05) is 31.1 Å². The molecule has 2 fully saturated rings. The average Bonchev–Trinajstić information content (AvgIpc) is 3.45. The average molecular weight is 371 g/mol. The Morgan fingerprint density at radius 1 is 1.19 bits per heavy atom. The van der Waals surface area contributed by atoms with E-state index in [1.54, 1.807) is 6.07 Å². The van der Waals surface area contributed by atoms with Crippen LogP contribution >= 0.6 is 0 Å². The number of guanidine groups is 1. The highest BCUT2D eigenvalue weighted by atomic mass is 19.1. The normalized spacial score (nSPS) is 18.1. The van der Waals surface area contributed by atoms with E-state index in [0.29, 0.717) is 18.3 Å². The van der Waals surface area contributed by atoms with Crippen LogP contribution < -0.4 is 10.2 Å². The summed E-state index contributed by atoms with van der Waals surface area (Å²) in [6, 6.07) is 7.50. The summed E-state index contributed by atoms with van der Waals surface area (Å²) in [6.07, 6.45) is 2.38. The first kappa shape index (κ1) is 17.8. The molecule has 0 radical (unpaired) electrons. The van der Waals surface area contributed by atoms with Crippen molar-refractivity contribution < 1.29 is 4.39 Å². The summed E-state index contributed by atoms with van der Waals surface area (Å²) in [4.78, 5) is 9.17. The lowest BCUT2D eigenvalue weighted by atomic mass is 10.2. The third kappa shape index (κ3) is 4.04. The molecule has 1 aliphatic carbocycles. The van der Waals surface area contributed by atoms with Gasteiger partial charge >= 0.3 is 0 Å². The van der Waals surface area contributed by atoms with E-state index in [1.165, 1.54) is 18.9 Å². The molecule has 1 aliphatic heterocycles. The van der Waals surface area contributed by atoms with Crippen molar-refractivity contribution >= 4 is 11.6 Å². The highest BCUT2D eigenvalue weighted by Crippen LogP contribution is 2.22. The predicted octanol–water partition coefficient (Wildman–Crippen LogP) is 1.69. The van der Waals surface area contributed by atoms with Crippen LogP contribution in [0.5, 0.6) is 0 Å². The van der Waals surface area contributed by atoms with Crippen LogP contribution in [0.3, 0.4) is 0 Å². The number of aromatic nitrogens is 3. The van der Waals surface area contributed by atoms with Crippen LogP contribution in [0.1, 0.15) is 24.5 Å². The van der Waals surface area contributed by atoms with E-state index < -0.39 is 0 Å². The quantitative estimate of drug-likeness (QED) is 0.655. The third-order valence-corrected chi connectivity index (χ3v) is 5.24. The zero-order valence-electron chi connectivity index (χ0n) is 15.9. The number of hydrogen-bond acceptors (Lipinski definition) is 4. The molecule has 2 heterocycles. The van der Waals surface area contributed by atoms with Crippen LogP contribution in [-0.4, -0.2) is 57.8 Å². The van der Waals surface area contributed by atoms with Crippen molar-refractivity contribution in [2.24, 2.45) is 12.0 Å². The summed E-state index contributed by atoms with van der Waals surface area (Å²) in [7, 11) is 1.96. The molecule has 7 nitrogen and oxygen atoms in total. The molecule has 1 N–H and O–H groups in total. The van der Waals surface area contributed by atoms with E-state index in [0.717, 1.165) is 43.8 Å². The number of para-hydroxylation sites is 1. The highest BCUT2D eigenvalue weighted by molar-refractivity contribution is 5.81. The molecule has 2 aliphatic rings. The molecule has 1 saturated heterocycles. The number of rotatable bonds is 4. The fourth-order valence-electron chi connectivity index (χ4n) is 3.25. The zero-order valence-corrected chi connectivity index (χ0v) is 15.9. The topological polar surface area (TPSA) is 61.6 Å². The Hall–Kier alpha value is -2.64. The molecule has 0 amide bonds. The van der Waals surface area contributed by atoms with Crippen molar-refractivity contribution in [3.63, 3.8) is 0 Å². The summed E-state index contributed by atoms with van der Waals surface area (Å²) in [6.45, 7) is 5.60. The SMILES string of the molecule is Cc1nnc(CN=C(NC2CC2)N2CCN(c3ccccc3F)CC2)n1C. The summed E-state index contributed by atoms with van der Waals surface area (Å²) in [5.41, 5.74) is 0.681.